The average Bonchev–Trinajstić information content (AvgIpc) is 3.34. The molecule has 0 saturated carbocycles. The van der Waals surface area contributed by atoms with Crippen LogP contribution in [0.3, 0.4) is 0 Å². The van der Waals surface area contributed by atoms with Gasteiger partial charge in [0.2, 0.25) is 0 Å². The zero-order valence-corrected chi connectivity index (χ0v) is 16.9. The standard InChI is InChI=1S/C21H12Cl2N6O/c22-13-6-12(9-24)7-14(8-13)30-20-16-10-26-29(19(16)4-3-17(20)23)11-18-15-2-1-5-25-21(15)28-27-18/h1-8,10H,11H2,(H,25,27,28)/p+1. The monoisotopic (exact) mass is 435 g/mol. The molecule has 0 fully saturated rings. The van der Waals surface area contributed by atoms with Crippen LogP contribution in [-0.4, -0.2) is 20.0 Å². The predicted octanol–water partition coefficient (Wildman–Crippen LogP) is 4.75. The highest BCUT2D eigenvalue weighted by atomic mass is 35.5. The first kappa shape index (κ1) is 18.4. The summed E-state index contributed by atoms with van der Waals surface area (Å²) in [5.41, 5.74) is 2.96. The van der Waals surface area contributed by atoms with Gasteiger partial charge in [0.25, 0.3) is 0 Å². The van der Waals surface area contributed by atoms with E-state index in [0.29, 0.717) is 33.7 Å². The van der Waals surface area contributed by atoms with E-state index in [1.165, 1.54) is 0 Å². The Bertz CT molecular complexity index is 1450. The molecule has 0 aliphatic carbocycles. The average molecular weight is 436 g/mol. The number of nitrogens with zero attached hydrogens (tertiary/aromatic N) is 4. The minimum absolute atomic E-state index is 0.402. The molecular formula is C21H13Cl2N6O+. The lowest BCUT2D eigenvalue weighted by Crippen LogP contribution is -2.03. The highest BCUT2D eigenvalue weighted by Gasteiger charge is 2.17. The third-order valence-electron chi connectivity index (χ3n) is 4.72. The largest absolute Gasteiger partial charge is 0.455 e. The van der Waals surface area contributed by atoms with E-state index in [2.05, 4.69) is 26.3 Å². The molecular weight excluding hydrogens is 423 g/mol. The van der Waals surface area contributed by atoms with E-state index in [0.717, 1.165) is 27.6 Å². The first-order valence-electron chi connectivity index (χ1n) is 8.98. The van der Waals surface area contributed by atoms with Crippen LogP contribution in [0.5, 0.6) is 11.5 Å². The molecule has 30 heavy (non-hydrogen) atoms. The van der Waals surface area contributed by atoms with Crippen molar-refractivity contribution in [3.8, 4) is 17.6 Å². The number of ether oxygens (including phenoxy) is 1. The van der Waals surface area contributed by atoms with Crippen molar-refractivity contribution in [2.24, 2.45) is 0 Å². The van der Waals surface area contributed by atoms with E-state index in [4.69, 9.17) is 33.2 Å². The summed E-state index contributed by atoms with van der Waals surface area (Å²) in [5, 5.41) is 23.6. The van der Waals surface area contributed by atoms with Crippen LogP contribution in [-0.2, 0) is 6.54 Å². The van der Waals surface area contributed by atoms with Crippen LogP contribution in [0.1, 0.15) is 11.3 Å². The van der Waals surface area contributed by atoms with Crippen molar-refractivity contribution >= 4 is 45.1 Å². The number of halogens is 2. The molecule has 0 radical (unpaired) electrons. The molecule has 0 bridgehead atoms. The van der Waals surface area contributed by atoms with Gasteiger partial charge in [0.15, 0.2) is 5.75 Å². The second kappa shape index (κ2) is 7.34. The van der Waals surface area contributed by atoms with Crippen LogP contribution in [0.2, 0.25) is 10.0 Å². The van der Waals surface area contributed by atoms with Crippen LogP contribution in [0.25, 0.3) is 21.9 Å². The van der Waals surface area contributed by atoms with Gasteiger partial charge >= 0.3 is 5.65 Å². The first-order valence-corrected chi connectivity index (χ1v) is 9.74. The van der Waals surface area contributed by atoms with E-state index in [1.54, 1.807) is 30.5 Å². The number of rotatable bonds is 4. The fourth-order valence-corrected chi connectivity index (χ4v) is 3.78. The molecule has 7 nitrogen and oxygen atoms in total. The van der Waals surface area contributed by atoms with Crippen LogP contribution in [0, 0.1) is 11.3 Å². The molecule has 0 saturated heterocycles. The number of nitriles is 1. The molecule has 5 aromatic rings. The van der Waals surface area contributed by atoms with Gasteiger partial charge in [-0.2, -0.15) is 15.5 Å². The number of aromatic nitrogens is 5. The third kappa shape index (κ3) is 3.22. The van der Waals surface area contributed by atoms with Gasteiger partial charge in [-0.1, -0.05) is 23.2 Å². The molecule has 3 heterocycles. The lowest BCUT2D eigenvalue weighted by atomic mass is 10.2. The normalized spacial score (nSPS) is 11.1. The van der Waals surface area contributed by atoms with Gasteiger partial charge in [0.05, 0.1) is 62.7 Å². The van der Waals surface area contributed by atoms with Gasteiger partial charge < -0.3 is 4.74 Å². The van der Waals surface area contributed by atoms with Crippen molar-refractivity contribution in [2.75, 3.05) is 0 Å². The highest BCUT2D eigenvalue weighted by molar-refractivity contribution is 6.33. The molecule has 0 amide bonds. The molecule has 0 unspecified atom stereocenters. The van der Waals surface area contributed by atoms with Crippen molar-refractivity contribution < 1.29 is 9.72 Å². The summed E-state index contributed by atoms with van der Waals surface area (Å²) < 4.78 is 7.86. The van der Waals surface area contributed by atoms with E-state index in [9.17, 15) is 0 Å². The van der Waals surface area contributed by atoms with Gasteiger partial charge in [-0.25, -0.2) is 4.98 Å². The van der Waals surface area contributed by atoms with Gasteiger partial charge in [-0.15, -0.1) is 0 Å². The Balaban J connectivity index is 1.55. The van der Waals surface area contributed by atoms with Gasteiger partial charge in [-0.05, 0) is 42.5 Å². The number of hydrogen-bond acceptors (Lipinski definition) is 4. The van der Waals surface area contributed by atoms with E-state index < -0.39 is 0 Å². The summed E-state index contributed by atoms with van der Waals surface area (Å²) in [5.74, 6) is 0.880. The predicted molar refractivity (Wildman–Crippen MR) is 113 cm³/mol. The molecule has 0 atom stereocenters. The number of hydrogen-bond donors (Lipinski definition) is 1. The zero-order valence-electron chi connectivity index (χ0n) is 15.4. The quantitative estimate of drug-likeness (QED) is 0.440. The fraction of sp³-hybridized carbons (Fsp3) is 0.0476. The molecule has 9 heteroatoms. The summed E-state index contributed by atoms with van der Waals surface area (Å²) in [6.45, 7) is 0.495. The van der Waals surface area contributed by atoms with Crippen molar-refractivity contribution in [1.29, 1.82) is 5.26 Å². The van der Waals surface area contributed by atoms with Crippen LogP contribution in [0.15, 0.2) is 54.9 Å². The minimum atomic E-state index is 0.402. The van der Waals surface area contributed by atoms with E-state index in [1.807, 2.05) is 29.1 Å². The lowest BCUT2D eigenvalue weighted by Gasteiger charge is -2.10. The van der Waals surface area contributed by atoms with Crippen molar-refractivity contribution in [2.45, 2.75) is 6.54 Å². The molecule has 3 aromatic heterocycles. The van der Waals surface area contributed by atoms with Gasteiger partial charge in [-0.3, -0.25) is 4.68 Å². The Labute approximate surface area is 180 Å². The zero-order chi connectivity index (χ0) is 20.7. The smallest absolute Gasteiger partial charge is 0.355 e. The molecule has 0 spiro atoms. The molecule has 146 valence electrons. The van der Waals surface area contributed by atoms with E-state index in [-0.39, 0.29) is 0 Å². The van der Waals surface area contributed by atoms with Crippen molar-refractivity contribution in [3.05, 3.63) is 76.2 Å². The lowest BCUT2D eigenvalue weighted by molar-refractivity contribution is -0.347. The number of fused-ring (bicyclic) bond motifs is 2. The van der Waals surface area contributed by atoms with Gasteiger partial charge in [0.1, 0.15) is 5.75 Å². The van der Waals surface area contributed by atoms with Crippen LogP contribution >= 0.6 is 23.2 Å². The topological polar surface area (TPSA) is 93.7 Å². The minimum Gasteiger partial charge on any atom is -0.455 e. The van der Waals surface area contributed by atoms with Crippen molar-refractivity contribution in [3.63, 3.8) is 0 Å². The Hall–Kier alpha value is -3.60. The first-order chi connectivity index (χ1) is 14.6. The fourth-order valence-electron chi connectivity index (χ4n) is 3.35. The number of nitrogens with one attached hydrogen (secondary N) is 2. The summed E-state index contributed by atoms with van der Waals surface area (Å²) >= 11 is 12.5. The Kier molecular flexibility index (Phi) is 4.51. The molecule has 0 aliphatic rings. The van der Waals surface area contributed by atoms with Crippen LogP contribution in [0.4, 0.5) is 0 Å². The molecule has 2 N–H and O–H groups in total. The Morgan fingerprint density at radius 2 is 2.07 bits per heavy atom. The second-order valence-electron chi connectivity index (χ2n) is 6.64. The second-order valence-corrected chi connectivity index (χ2v) is 7.48. The summed E-state index contributed by atoms with van der Waals surface area (Å²) in [7, 11) is 0. The Morgan fingerprint density at radius 1 is 1.17 bits per heavy atom. The molecule has 5 rings (SSSR count). The maximum atomic E-state index is 9.17. The summed E-state index contributed by atoms with van der Waals surface area (Å²) in [4.78, 5) is 3.10. The third-order valence-corrected chi connectivity index (χ3v) is 5.24. The molecule has 0 aliphatic heterocycles. The van der Waals surface area contributed by atoms with E-state index >= 15 is 0 Å². The van der Waals surface area contributed by atoms with Gasteiger partial charge in [0, 0.05) is 5.02 Å². The maximum absolute atomic E-state index is 9.17. The maximum Gasteiger partial charge on any atom is 0.355 e. The molecule has 2 aromatic carbocycles. The summed E-state index contributed by atoms with van der Waals surface area (Å²) in [6, 6.07) is 14.4. The highest BCUT2D eigenvalue weighted by Crippen LogP contribution is 2.37. The number of benzene rings is 2. The number of pyridine rings is 1. The number of aromatic amines is 2. The van der Waals surface area contributed by atoms with Crippen molar-refractivity contribution in [1.82, 2.24) is 20.0 Å². The number of H-pyrrole nitrogens is 2. The Morgan fingerprint density at radius 3 is 2.93 bits per heavy atom. The summed E-state index contributed by atoms with van der Waals surface area (Å²) in [6.07, 6.45) is 3.53. The SMILES string of the molecule is N#Cc1cc(Cl)cc(Oc2c(Cl)ccc3c2cnn3Cc2[nH]nc3[nH+]cccc23)c1. The van der Waals surface area contributed by atoms with Crippen LogP contribution < -0.4 is 9.72 Å².